The van der Waals surface area contributed by atoms with E-state index in [0.717, 1.165) is 14.6 Å². The van der Waals surface area contributed by atoms with Crippen LogP contribution in [-0.4, -0.2) is 29.3 Å². The van der Waals surface area contributed by atoms with Crippen LogP contribution in [0.25, 0.3) is 0 Å². The standard InChI is InChI=1S/C16H25Br2N3O2/c1-10(2)13(21-15(22)23-16(3,4)5)8-19-9-14-12(18)6-11(17)7-20-14/h6-7,10,13,19H,8-9H2,1-5H3,(H,21,22). The summed E-state index contributed by atoms with van der Waals surface area (Å²) in [7, 11) is 0. The first kappa shape index (κ1) is 20.4. The number of aromatic nitrogens is 1. The molecule has 1 heterocycles. The molecule has 7 heteroatoms. The van der Waals surface area contributed by atoms with Crippen molar-refractivity contribution in [3.63, 3.8) is 0 Å². The molecule has 5 nitrogen and oxygen atoms in total. The predicted octanol–water partition coefficient (Wildman–Crippen LogP) is 4.25. The van der Waals surface area contributed by atoms with Crippen molar-refractivity contribution in [2.75, 3.05) is 6.54 Å². The van der Waals surface area contributed by atoms with E-state index in [0.29, 0.717) is 13.1 Å². The molecule has 0 spiro atoms. The molecule has 0 aliphatic heterocycles. The van der Waals surface area contributed by atoms with Gasteiger partial charge in [-0.15, -0.1) is 0 Å². The highest BCUT2D eigenvalue weighted by molar-refractivity contribution is 9.11. The summed E-state index contributed by atoms with van der Waals surface area (Å²) in [6, 6.07) is 1.95. The van der Waals surface area contributed by atoms with Crippen LogP contribution in [0.3, 0.4) is 0 Å². The van der Waals surface area contributed by atoms with Gasteiger partial charge in [-0.3, -0.25) is 4.98 Å². The highest BCUT2D eigenvalue weighted by Gasteiger charge is 2.21. The minimum absolute atomic E-state index is 0.0147. The van der Waals surface area contributed by atoms with Crippen molar-refractivity contribution in [3.8, 4) is 0 Å². The fourth-order valence-electron chi connectivity index (χ4n) is 1.83. The van der Waals surface area contributed by atoms with Crippen molar-refractivity contribution in [2.45, 2.75) is 52.8 Å². The minimum atomic E-state index is -0.495. The Hall–Kier alpha value is -0.660. The zero-order valence-electron chi connectivity index (χ0n) is 14.2. The van der Waals surface area contributed by atoms with Crippen molar-refractivity contribution < 1.29 is 9.53 Å². The largest absolute Gasteiger partial charge is 0.444 e. The number of pyridine rings is 1. The molecule has 0 fully saturated rings. The van der Waals surface area contributed by atoms with Gasteiger partial charge in [0.2, 0.25) is 0 Å². The molecule has 0 bridgehead atoms. The molecule has 0 aromatic carbocycles. The second-order valence-electron chi connectivity index (χ2n) is 6.71. The van der Waals surface area contributed by atoms with Crippen LogP contribution in [-0.2, 0) is 11.3 Å². The lowest BCUT2D eigenvalue weighted by molar-refractivity contribution is 0.0490. The number of nitrogens with zero attached hydrogens (tertiary/aromatic N) is 1. The number of rotatable bonds is 6. The van der Waals surface area contributed by atoms with E-state index in [1.54, 1.807) is 6.20 Å². The molecule has 1 aromatic rings. The maximum Gasteiger partial charge on any atom is 0.407 e. The summed E-state index contributed by atoms with van der Waals surface area (Å²) in [5, 5.41) is 6.25. The van der Waals surface area contributed by atoms with Gasteiger partial charge in [0.25, 0.3) is 0 Å². The Balaban J connectivity index is 2.52. The van der Waals surface area contributed by atoms with E-state index in [-0.39, 0.29) is 18.1 Å². The van der Waals surface area contributed by atoms with E-state index >= 15 is 0 Å². The Morgan fingerprint density at radius 1 is 1.35 bits per heavy atom. The van der Waals surface area contributed by atoms with Gasteiger partial charge in [0, 0.05) is 34.3 Å². The molecule has 0 saturated carbocycles. The molecule has 1 atom stereocenters. The van der Waals surface area contributed by atoms with Crippen LogP contribution in [0, 0.1) is 5.92 Å². The fourth-order valence-corrected chi connectivity index (χ4v) is 2.96. The zero-order chi connectivity index (χ0) is 17.6. The Bertz CT molecular complexity index is 531. The zero-order valence-corrected chi connectivity index (χ0v) is 17.4. The molecular formula is C16H25Br2N3O2. The number of alkyl carbamates (subject to hydrolysis) is 1. The van der Waals surface area contributed by atoms with Crippen molar-refractivity contribution in [2.24, 2.45) is 5.92 Å². The smallest absolute Gasteiger partial charge is 0.407 e. The number of hydrogen-bond donors (Lipinski definition) is 2. The number of hydrogen-bond acceptors (Lipinski definition) is 4. The highest BCUT2D eigenvalue weighted by atomic mass is 79.9. The summed E-state index contributed by atoms with van der Waals surface area (Å²) in [5.41, 5.74) is 0.429. The van der Waals surface area contributed by atoms with E-state index in [9.17, 15) is 4.79 Å². The third-order valence-electron chi connectivity index (χ3n) is 3.05. The van der Waals surface area contributed by atoms with Gasteiger partial charge in [-0.2, -0.15) is 0 Å². The van der Waals surface area contributed by atoms with Crippen LogP contribution in [0.2, 0.25) is 0 Å². The van der Waals surface area contributed by atoms with E-state index in [1.807, 2.05) is 26.8 Å². The number of ether oxygens (including phenoxy) is 1. The summed E-state index contributed by atoms with van der Waals surface area (Å²) in [5.74, 6) is 0.288. The Morgan fingerprint density at radius 2 is 2.00 bits per heavy atom. The van der Waals surface area contributed by atoms with Crippen LogP contribution < -0.4 is 10.6 Å². The van der Waals surface area contributed by atoms with E-state index in [4.69, 9.17) is 4.74 Å². The number of carbonyl (C=O) groups is 1. The van der Waals surface area contributed by atoms with Crippen LogP contribution in [0.4, 0.5) is 4.79 Å². The van der Waals surface area contributed by atoms with Crippen molar-refractivity contribution >= 4 is 38.0 Å². The summed E-state index contributed by atoms with van der Waals surface area (Å²) in [4.78, 5) is 16.3. The summed E-state index contributed by atoms with van der Waals surface area (Å²) < 4.78 is 7.19. The average molecular weight is 451 g/mol. The topological polar surface area (TPSA) is 63.2 Å². The van der Waals surface area contributed by atoms with Crippen molar-refractivity contribution in [1.82, 2.24) is 15.6 Å². The van der Waals surface area contributed by atoms with E-state index < -0.39 is 5.60 Å². The normalized spacial score (nSPS) is 13.0. The number of amides is 1. The molecule has 1 aromatic heterocycles. The lowest BCUT2D eigenvalue weighted by Crippen LogP contribution is -2.47. The van der Waals surface area contributed by atoms with Crippen LogP contribution in [0.1, 0.15) is 40.3 Å². The molecule has 1 rings (SSSR count). The Kier molecular flexibility index (Phi) is 7.97. The SMILES string of the molecule is CC(C)C(CNCc1ncc(Br)cc1Br)NC(=O)OC(C)(C)C. The molecule has 0 saturated heterocycles. The van der Waals surface area contributed by atoms with Gasteiger partial charge in [-0.1, -0.05) is 13.8 Å². The second-order valence-corrected chi connectivity index (χ2v) is 8.48. The quantitative estimate of drug-likeness (QED) is 0.680. The molecular weight excluding hydrogens is 426 g/mol. The summed E-state index contributed by atoms with van der Waals surface area (Å²) in [6.07, 6.45) is 1.38. The third kappa shape index (κ3) is 8.13. The number of nitrogens with one attached hydrogen (secondary N) is 2. The van der Waals surface area contributed by atoms with E-state index in [2.05, 4.69) is 61.3 Å². The monoisotopic (exact) mass is 449 g/mol. The Labute approximate surface area is 155 Å². The molecule has 2 N–H and O–H groups in total. The maximum absolute atomic E-state index is 11.9. The number of halogens is 2. The third-order valence-corrected chi connectivity index (χ3v) is 4.17. The summed E-state index contributed by atoms with van der Waals surface area (Å²) in [6.45, 7) is 11.0. The molecule has 0 aliphatic carbocycles. The molecule has 1 unspecified atom stereocenters. The number of carbonyl (C=O) groups excluding carboxylic acids is 1. The first-order valence-electron chi connectivity index (χ1n) is 7.58. The van der Waals surface area contributed by atoms with Gasteiger partial charge in [0.15, 0.2) is 0 Å². The van der Waals surface area contributed by atoms with Gasteiger partial charge in [0.05, 0.1) is 5.69 Å². The van der Waals surface area contributed by atoms with Crippen molar-refractivity contribution in [3.05, 3.63) is 26.9 Å². The minimum Gasteiger partial charge on any atom is -0.444 e. The van der Waals surface area contributed by atoms with Gasteiger partial charge in [0.1, 0.15) is 5.60 Å². The predicted molar refractivity (Wildman–Crippen MR) is 99.3 cm³/mol. The van der Waals surface area contributed by atoms with Gasteiger partial charge < -0.3 is 15.4 Å². The first-order valence-corrected chi connectivity index (χ1v) is 9.17. The maximum atomic E-state index is 11.9. The van der Waals surface area contributed by atoms with E-state index in [1.165, 1.54) is 0 Å². The van der Waals surface area contributed by atoms with Gasteiger partial charge in [-0.25, -0.2) is 4.79 Å². The molecule has 130 valence electrons. The van der Waals surface area contributed by atoms with Crippen LogP contribution in [0.15, 0.2) is 21.2 Å². The first-order chi connectivity index (χ1) is 10.6. The van der Waals surface area contributed by atoms with Gasteiger partial charge in [-0.05, 0) is 64.6 Å². The lowest BCUT2D eigenvalue weighted by atomic mass is 10.0. The Morgan fingerprint density at radius 3 is 2.52 bits per heavy atom. The molecule has 0 aliphatic rings. The average Bonchev–Trinajstić information content (AvgIpc) is 2.37. The molecule has 1 amide bonds. The van der Waals surface area contributed by atoms with Crippen LogP contribution >= 0.6 is 31.9 Å². The second kappa shape index (κ2) is 8.99. The fraction of sp³-hybridized carbons (Fsp3) is 0.625. The lowest BCUT2D eigenvalue weighted by Gasteiger charge is -2.26. The highest BCUT2D eigenvalue weighted by Crippen LogP contribution is 2.19. The van der Waals surface area contributed by atoms with Crippen molar-refractivity contribution in [1.29, 1.82) is 0 Å². The summed E-state index contributed by atoms with van der Waals surface area (Å²) >= 11 is 6.88. The molecule has 23 heavy (non-hydrogen) atoms. The molecule has 0 radical (unpaired) electrons. The van der Waals surface area contributed by atoms with Gasteiger partial charge >= 0.3 is 6.09 Å². The van der Waals surface area contributed by atoms with Crippen LogP contribution in [0.5, 0.6) is 0 Å².